The average molecular weight is 1160 g/mol. The van der Waals surface area contributed by atoms with Gasteiger partial charge in [0.25, 0.3) is 0 Å². The Balaban J connectivity index is 0.780. The smallest absolute Gasteiger partial charge is 0.235 e. The van der Waals surface area contributed by atoms with E-state index in [2.05, 4.69) is 282 Å². The fourth-order valence-electron chi connectivity index (χ4n) is 13.4. The molecule has 0 N–H and O–H groups in total. The van der Waals surface area contributed by atoms with Crippen molar-refractivity contribution in [3.63, 3.8) is 0 Å². The molecule has 0 aliphatic heterocycles. The van der Waals surface area contributed by atoms with Gasteiger partial charge in [-0.15, -0.1) is 22.7 Å². The largest absolute Gasteiger partial charge is 0.278 e. The van der Waals surface area contributed by atoms with Crippen LogP contribution in [0.1, 0.15) is 0 Å². The molecule has 0 aliphatic rings. The van der Waals surface area contributed by atoms with E-state index in [9.17, 15) is 0 Å². The van der Waals surface area contributed by atoms with Gasteiger partial charge in [-0.1, -0.05) is 224 Å². The Bertz CT molecular complexity index is 5710. The zero-order valence-electron chi connectivity index (χ0n) is 47.2. The van der Waals surface area contributed by atoms with E-state index in [1.54, 1.807) is 0 Å². The Kier molecular flexibility index (Phi) is 11.5. The molecule has 0 aliphatic carbocycles. The first-order chi connectivity index (χ1) is 43.6. The van der Waals surface area contributed by atoms with Gasteiger partial charge in [0.1, 0.15) is 0 Å². The maximum absolute atomic E-state index is 5.50. The summed E-state index contributed by atoms with van der Waals surface area (Å²) >= 11 is 3.63. The van der Waals surface area contributed by atoms with Crippen molar-refractivity contribution in [3.05, 3.63) is 291 Å². The Morgan fingerprint density at radius 2 is 0.659 bits per heavy atom. The molecule has 0 atom stereocenters. The van der Waals surface area contributed by atoms with Crippen LogP contribution in [0, 0.1) is 0 Å². The van der Waals surface area contributed by atoms with E-state index in [1.807, 2.05) is 41.1 Å². The van der Waals surface area contributed by atoms with Gasteiger partial charge in [-0.2, -0.15) is 0 Å². The zero-order chi connectivity index (χ0) is 57.8. The summed E-state index contributed by atoms with van der Waals surface area (Å²) in [5, 5.41) is 9.47. The molecule has 0 saturated heterocycles. The third-order valence-corrected chi connectivity index (χ3v) is 20.0. The first kappa shape index (κ1) is 50.2. The number of hydrogen-bond donors (Lipinski definition) is 0. The van der Waals surface area contributed by atoms with Crippen LogP contribution in [0.2, 0.25) is 0 Å². The number of rotatable bonds is 9. The molecule has 6 aromatic heterocycles. The molecule has 0 amide bonds. The number of hydrogen-bond acceptors (Lipinski definition) is 6. The number of fused-ring (bicyclic) bond motifs is 12. The molecule has 0 unspecified atom stereocenters. The van der Waals surface area contributed by atoms with E-state index in [4.69, 9.17) is 19.9 Å². The molecule has 0 bridgehead atoms. The van der Waals surface area contributed by atoms with Gasteiger partial charge in [-0.25, -0.2) is 19.9 Å². The lowest BCUT2D eigenvalue weighted by atomic mass is 9.96. The van der Waals surface area contributed by atoms with Crippen molar-refractivity contribution >= 4 is 107 Å². The lowest BCUT2D eigenvalue weighted by Gasteiger charge is -2.10. The van der Waals surface area contributed by atoms with Crippen LogP contribution in [0.25, 0.3) is 174 Å². The maximum atomic E-state index is 5.50. The van der Waals surface area contributed by atoms with Crippen LogP contribution in [0.15, 0.2) is 291 Å². The Hall–Kier alpha value is -11.2. The van der Waals surface area contributed by atoms with E-state index >= 15 is 0 Å². The van der Waals surface area contributed by atoms with Crippen molar-refractivity contribution in [2.24, 2.45) is 0 Å². The molecule has 0 fully saturated rings. The topological polar surface area (TPSA) is 61.4 Å². The Morgan fingerprint density at radius 1 is 0.250 bits per heavy atom. The van der Waals surface area contributed by atoms with E-state index in [0.29, 0.717) is 11.9 Å². The van der Waals surface area contributed by atoms with Gasteiger partial charge >= 0.3 is 0 Å². The molecule has 0 spiro atoms. The fourth-order valence-corrected chi connectivity index (χ4v) is 15.8. The van der Waals surface area contributed by atoms with Crippen LogP contribution in [0.5, 0.6) is 0 Å². The lowest BCUT2D eigenvalue weighted by molar-refractivity contribution is 0.992. The van der Waals surface area contributed by atoms with Crippen molar-refractivity contribution in [3.8, 4) is 90.0 Å². The second-order valence-electron chi connectivity index (χ2n) is 22.5. The van der Waals surface area contributed by atoms with E-state index in [1.165, 1.54) is 51.5 Å². The molecular formula is C80H48N6S2. The highest BCUT2D eigenvalue weighted by molar-refractivity contribution is 7.26. The summed E-state index contributed by atoms with van der Waals surface area (Å²) in [5.41, 5.74) is 19.6. The zero-order valence-corrected chi connectivity index (χ0v) is 48.8. The van der Waals surface area contributed by atoms with Gasteiger partial charge < -0.3 is 0 Å². The van der Waals surface area contributed by atoms with Gasteiger partial charge in [-0.3, -0.25) is 9.13 Å². The van der Waals surface area contributed by atoms with Crippen LogP contribution >= 0.6 is 22.7 Å². The standard InChI is InChI=1S/C80H48N6S2/c1-4-15-49(16-5-1)52-29-31-53(32-30-52)56-35-39-66-73(48-56)85(79-81-43-41-68(83-79)64-25-12-23-62-61-21-10-11-28-74(61)87-77(62)64)70-27-14-22-58(76(66)70)57-36-40-75-67(45-57)63-24-13-26-65(78(63)88-75)69-42-44-82-80(84-69)86-71-46-54(50-17-6-2-7-18-50)33-37-59(71)60-38-34-55(47-72(60)86)51-19-8-3-9-20-51/h1-48H. The normalized spacial score (nSPS) is 11.9. The molecule has 6 nitrogen and oxygen atoms in total. The van der Waals surface area contributed by atoms with Crippen molar-refractivity contribution < 1.29 is 0 Å². The quantitative estimate of drug-likeness (QED) is 0.144. The van der Waals surface area contributed by atoms with E-state index < -0.39 is 0 Å². The van der Waals surface area contributed by atoms with Crippen LogP contribution < -0.4 is 0 Å². The summed E-state index contributed by atoms with van der Waals surface area (Å²) in [5.74, 6) is 1.25. The number of benzene rings is 12. The molecule has 410 valence electrons. The minimum Gasteiger partial charge on any atom is -0.278 e. The van der Waals surface area contributed by atoms with Gasteiger partial charge in [-0.05, 0) is 110 Å². The lowest BCUT2D eigenvalue weighted by Crippen LogP contribution is -2.02. The summed E-state index contributed by atoms with van der Waals surface area (Å²) < 4.78 is 9.40. The predicted molar refractivity (Wildman–Crippen MR) is 370 cm³/mol. The van der Waals surface area contributed by atoms with Crippen LogP contribution in [-0.4, -0.2) is 29.1 Å². The summed E-state index contributed by atoms with van der Waals surface area (Å²) in [6.07, 6.45) is 3.83. The number of aromatic nitrogens is 6. The fraction of sp³-hybridized carbons (Fsp3) is 0. The molecular weight excluding hydrogens is 1110 g/mol. The first-order valence-corrected chi connectivity index (χ1v) is 31.2. The molecule has 6 heterocycles. The second-order valence-corrected chi connectivity index (χ2v) is 24.6. The highest BCUT2D eigenvalue weighted by Crippen LogP contribution is 2.46. The van der Waals surface area contributed by atoms with Gasteiger partial charge in [0, 0.05) is 85.4 Å². The molecule has 88 heavy (non-hydrogen) atoms. The summed E-state index contributed by atoms with van der Waals surface area (Å²) in [6, 6.07) is 101. The number of thiophene rings is 2. The molecule has 18 rings (SSSR count). The first-order valence-electron chi connectivity index (χ1n) is 29.6. The highest BCUT2D eigenvalue weighted by atomic mass is 32.1. The second kappa shape index (κ2) is 20.2. The summed E-state index contributed by atoms with van der Waals surface area (Å²) in [6.45, 7) is 0. The molecule has 12 aromatic carbocycles. The van der Waals surface area contributed by atoms with Crippen LogP contribution in [0.4, 0.5) is 0 Å². The summed E-state index contributed by atoms with van der Waals surface area (Å²) in [4.78, 5) is 21.2. The summed E-state index contributed by atoms with van der Waals surface area (Å²) in [7, 11) is 0. The third-order valence-electron chi connectivity index (χ3n) is 17.5. The predicted octanol–water partition coefficient (Wildman–Crippen LogP) is 21.9. The van der Waals surface area contributed by atoms with Gasteiger partial charge in [0.05, 0.1) is 33.5 Å². The number of nitrogens with zero attached hydrogens (tertiary/aromatic N) is 6. The van der Waals surface area contributed by atoms with Gasteiger partial charge in [0.2, 0.25) is 11.9 Å². The molecule has 8 heteroatoms. The molecule has 18 aromatic rings. The highest BCUT2D eigenvalue weighted by Gasteiger charge is 2.23. The third kappa shape index (κ3) is 8.14. The average Bonchev–Trinajstić information content (AvgIpc) is 2.63. The van der Waals surface area contributed by atoms with Crippen LogP contribution in [-0.2, 0) is 0 Å². The SMILES string of the molecule is c1ccc(-c2ccc(-c3ccc4c5c(-c6ccc7sc8c(-c9ccnc(-n%10c%11cc(-c%12ccccc%12)ccc%11c%11ccc(-c%12ccccc%12)cc%11%10)n9)cccc8c7c6)cccc5n(-c5nccc(-c6cccc7c6sc6ccccc67)n5)c4c3)cc2)cc1. The van der Waals surface area contributed by atoms with Crippen molar-refractivity contribution in [1.29, 1.82) is 0 Å². The Labute approximate surface area is 513 Å². The van der Waals surface area contributed by atoms with Crippen LogP contribution in [0.3, 0.4) is 0 Å². The van der Waals surface area contributed by atoms with E-state index in [-0.39, 0.29) is 0 Å². The molecule has 0 radical (unpaired) electrons. The maximum Gasteiger partial charge on any atom is 0.235 e. The Morgan fingerprint density at radius 3 is 1.24 bits per heavy atom. The van der Waals surface area contributed by atoms with E-state index in [0.717, 1.165) is 111 Å². The van der Waals surface area contributed by atoms with Gasteiger partial charge in [0.15, 0.2) is 0 Å². The van der Waals surface area contributed by atoms with Crippen molar-refractivity contribution in [2.75, 3.05) is 0 Å². The monoisotopic (exact) mass is 1160 g/mol. The minimum absolute atomic E-state index is 0.621. The minimum atomic E-state index is 0.621. The van der Waals surface area contributed by atoms with Crippen molar-refractivity contribution in [2.45, 2.75) is 0 Å². The van der Waals surface area contributed by atoms with Crippen molar-refractivity contribution in [1.82, 2.24) is 29.1 Å². The molecule has 0 saturated carbocycles.